The molecule has 1 saturated heterocycles. The van der Waals surface area contributed by atoms with Gasteiger partial charge < -0.3 is 14.6 Å². The highest BCUT2D eigenvalue weighted by molar-refractivity contribution is 5.40. The smallest absolute Gasteiger partial charge is 0.122 e. The Labute approximate surface area is 102 Å². The van der Waals surface area contributed by atoms with Crippen LogP contribution in [-0.2, 0) is 11.2 Å². The van der Waals surface area contributed by atoms with E-state index in [9.17, 15) is 0 Å². The van der Waals surface area contributed by atoms with Crippen LogP contribution in [-0.4, -0.2) is 32.0 Å². The minimum atomic E-state index is 0.194. The van der Waals surface area contributed by atoms with E-state index in [1.165, 1.54) is 11.1 Å². The SMILES string of the molecule is COc1ccc(CCO)cc1C1CCOCC1. The Kier molecular flexibility index (Phi) is 4.40. The van der Waals surface area contributed by atoms with Crippen molar-refractivity contribution in [2.24, 2.45) is 0 Å². The minimum absolute atomic E-state index is 0.194. The van der Waals surface area contributed by atoms with E-state index in [4.69, 9.17) is 14.6 Å². The van der Waals surface area contributed by atoms with Crippen LogP contribution in [0.25, 0.3) is 0 Å². The normalized spacial score (nSPS) is 17.1. The van der Waals surface area contributed by atoms with Crippen molar-refractivity contribution in [2.45, 2.75) is 25.2 Å². The molecule has 0 bridgehead atoms. The molecule has 1 N–H and O–H groups in total. The van der Waals surface area contributed by atoms with Crippen molar-refractivity contribution in [2.75, 3.05) is 26.9 Å². The number of aliphatic hydroxyl groups excluding tert-OH is 1. The van der Waals surface area contributed by atoms with Crippen molar-refractivity contribution in [3.8, 4) is 5.75 Å². The van der Waals surface area contributed by atoms with Gasteiger partial charge in [0.05, 0.1) is 7.11 Å². The van der Waals surface area contributed by atoms with E-state index < -0.39 is 0 Å². The highest BCUT2D eigenvalue weighted by Crippen LogP contribution is 2.34. The molecule has 0 unspecified atom stereocenters. The molecule has 94 valence electrons. The topological polar surface area (TPSA) is 38.7 Å². The second-order valence-electron chi connectivity index (χ2n) is 4.44. The number of hydrogen-bond donors (Lipinski definition) is 1. The number of hydrogen-bond acceptors (Lipinski definition) is 3. The molecule has 0 aliphatic carbocycles. The maximum Gasteiger partial charge on any atom is 0.122 e. The van der Waals surface area contributed by atoms with Gasteiger partial charge in [-0.3, -0.25) is 0 Å². The molecule has 1 fully saturated rings. The van der Waals surface area contributed by atoms with Crippen LogP contribution in [0.3, 0.4) is 0 Å². The van der Waals surface area contributed by atoms with Gasteiger partial charge in [-0.2, -0.15) is 0 Å². The van der Waals surface area contributed by atoms with Gasteiger partial charge in [-0.05, 0) is 42.4 Å². The average molecular weight is 236 g/mol. The van der Waals surface area contributed by atoms with Crippen LogP contribution >= 0.6 is 0 Å². The number of ether oxygens (including phenoxy) is 2. The Bertz CT molecular complexity index is 356. The van der Waals surface area contributed by atoms with E-state index in [1.807, 2.05) is 12.1 Å². The first-order valence-corrected chi connectivity index (χ1v) is 6.20. The standard InChI is InChI=1S/C14H20O3/c1-16-14-3-2-11(4-7-15)10-13(14)12-5-8-17-9-6-12/h2-3,10,12,15H,4-9H2,1H3. The molecule has 1 aliphatic heterocycles. The average Bonchev–Trinajstić information content (AvgIpc) is 2.40. The fourth-order valence-electron chi connectivity index (χ4n) is 2.40. The van der Waals surface area contributed by atoms with Crippen LogP contribution in [0.5, 0.6) is 5.75 Å². The third kappa shape index (κ3) is 2.99. The zero-order chi connectivity index (χ0) is 12.1. The summed E-state index contributed by atoms with van der Waals surface area (Å²) >= 11 is 0. The Morgan fingerprint density at radius 1 is 1.35 bits per heavy atom. The largest absolute Gasteiger partial charge is 0.496 e. The first-order valence-electron chi connectivity index (χ1n) is 6.20. The molecule has 1 aliphatic rings. The molecule has 1 aromatic carbocycles. The summed E-state index contributed by atoms with van der Waals surface area (Å²) in [6.07, 6.45) is 2.82. The van der Waals surface area contributed by atoms with Crippen LogP contribution in [0.2, 0.25) is 0 Å². The molecular weight excluding hydrogens is 216 g/mol. The first-order chi connectivity index (χ1) is 8.35. The van der Waals surface area contributed by atoms with Gasteiger partial charge in [0, 0.05) is 19.8 Å². The Morgan fingerprint density at radius 3 is 2.76 bits per heavy atom. The lowest BCUT2D eigenvalue weighted by Crippen LogP contribution is -2.15. The van der Waals surface area contributed by atoms with Gasteiger partial charge in [-0.25, -0.2) is 0 Å². The van der Waals surface area contributed by atoms with Crippen molar-refractivity contribution >= 4 is 0 Å². The summed E-state index contributed by atoms with van der Waals surface area (Å²) in [6, 6.07) is 6.21. The van der Waals surface area contributed by atoms with Gasteiger partial charge in [0.25, 0.3) is 0 Å². The van der Waals surface area contributed by atoms with Gasteiger partial charge >= 0.3 is 0 Å². The third-order valence-corrected chi connectivity index (χ3v) is 3.36. The third-order valence-electron chi connectivity index (χ3n) is 3.36. The number of benzene rings is 1. The zero-order valence-electron chi connectivity index (χ0n) is 10.3. The van der Waals surface area contributed by atoms with Crippen molar-refractivity contribution in [1.29, 1.82) is 0 Å². The van der Waals surface area contributed by atoms with Gasteiger partial charge in [0.2, 0.25) is 0 Å². The van der Waals surface area contributed by atoms with E-state index in [0.717, 1.165) is 31.8 Å². The fraction of sp³-hybridized carbons (Fsp3) is 0.571. The molecule has 0 saturated carbocycles. The molecule has 3 nitrogen and oxygen atoms in total. The highest BCUT2D eigenvalue weighted by Gasteiger charge is 2.19. The number of rotatable bonds is 4. The molecule has 0 radical (unpaired) electrons. The maximum atomic E-state index is 9.00. The molecular formula is C14H20O3. The molecule has 1 heterocycles. The van der Waals surface area contributed by atoms with Crippen molar-refractivity contribution in [3.05, 3.63) is 29.3 Å². The van der Waals surface area contributed by atoms with Crippen molar-refractivity contribution in [1.82, 2.24) is 0 Å². The zero-order valence-corrected chi connectivity index (χ0v) is 10.3. The number of methoxy groups -OCH3 is 1. The molecule has 0 amide bonds. The van der Waals surface area contributed by atoms with Gasteiger partial charge in [0.1, 0.15) is 5.75 Å². The monoisotopic (exact) mass is 236 g/mol. The maximum absolute atomic E-state index is 9.00. The summed E-state index contributed by atoms with van der Waals surface area (Å²) in [5.41, 5.74) is 2.44. The van der Waals surface area contributed by atoms with Crippen LogP contribution in [0.4, 0.5) is 0 Å². The quantitative estimate of drug-likeness (QED) is 0.870. The second-order valence-corrected chi connectivity index (χ2v) is 4.44. The molecule has 2 rings (SSSR count). The lowest BCUT2D eigenvalue weighted by atomic mass is 9.89. The predicted molar refractivity (Wildman–Crippen MR) is 66.6 cm³/mol. The summed E-state index contributed by atoms with van der Waals surface area (Å²) in [7, 11) is 1.71. The molecule has 0 aromatic heterocycles. The van der Waals surface area contributed by atoms with Gasteiger partial charge in [0.15, 0.2) is 0 Å². The summed E-state index contributed by atoms with van der Waals surface area (Å²) in [6.45, 7) is 1.86. The fourth-order valence-corrected chi connectivity index (χ4v) is 2.40. The van der Waals surface area contributed by atoms with Crippen LogP contribution in [0.15, 0.2) is 18.2 Å². The van der Waals surface area contributed by atoms with Crippen LogP contribution < -0.4 is 4.74 Å². The van der Waals surface area contributed by atoms with Crippen molar-refractivity contribution in [3.63, 3.8) is 0 Å². The van der Waals surface area contributed by atoms with E-state index in [1.54, 1.807) is 7.11 Å². The highest BCUT2D eigenvalue weighted by atomic mass is 16.5. The second kappa shape index (κ2) is 6.03. The van der Waals surface area contributed by atoms with E-state index >= 15 is 0 Å². The van der Waals surface area contributed by atoms with Crippen LogP contribution in [0.1, 0.15) is 29.9 Å². The summed E-state index contributed by atoms with van der Waals surface area (Å²) in [5.74, 6) is 1.48. The Morgan fingerprint density at radius 2 is 2.12 bits per heavy atom. The number of aliphatic hydroxyl groups is 1. The molecule has 0 spiro atoms. The molecule has 3 heteroatoms. The Balaban J connectivity index is 2.24. The summed E-state index contributed by atoms with van der Waals surface area (Å²) in [4.78, 5) is 0. The minimum Gasteiger partial charge on any atom is -0.496 e. The Hall–Kier alpha value is -1.06. The molecule has 0 atom stereocenters. The molecule has 17 heavy (non-hydrogen) atoms. The molecule has 1 aromatic rings. The summed E-state index contributed by atoms with van der Waals surface area (Å²) < 4.78 is 10.8. The van der Waals surface area contributed by atoms with E-state index in [-0.39, 0.29) is 6.61 Å². The first kappa shape index (κ1) is 12.4. The lowest BCUT2D eigenvalue weighted by molar-refractivity contribution is 0.0848. The summed E-state index contributed by atoms with van der Waals surface area (Å²) in [5, 5.41) is 9.00. The van der Waals surface area contributed by atoms with Crippen molar-refractivity contribution < 1.29 is 14.6 Å². The van der Waals surface area contributed by atoms with E-state index in [2.05, 4.69) is 6.07 Å². The van der Waals surface area contributed by atoms with Gasteiger partial charge in [-0.15, -0.1) is 0 Å². The van der Waals surface area contributed by atoms with Crippen LogP contribution in [0, 0.1) is 0 Å². The van der Waals surface area contributed by atoms with E-state index in [0.29, 0.717) is 12.3 Å². The predicted octanol–water partition coefficient (Wildman–Crippen LogP) is 2.12. The lowest BCUT2D eigenvalue weighted by Gasteiger charge is -2.24. The van der Waals surface area contributed by atoms with Gasteiger partial charge in [-0.1, -0.05) is 12.1 Å².